The molecule has 1 heterocycles. The first-order valence-corrected chi connectivity index (χ1v) is 6.17. The molecule has 1 aromatic heterocycles. The van der Waals surface area contributed by atoms with E-state index in [4.69, 9.17) is 0 Å². The van der Waals surface area contributed by atoms with Gasteiger partial charge in [-0.1, -0.05) is 6.07 Å². The lowest BCUT2D eigenvalue weighted by atomic mass is 10.1. The largest absolute Gasteiger partial charge is 0.468 e. The van der Waals surface area contributed by atoms with Crippen molar-refractivity contribution in [1.82, 2.24) is 9.47 Å². The van der Waals surface area contributed by atoms with Gasteiger partial charge in [0.25, 0.3) is 5.91 Å². The van der Waals surface area contributed by atoms with Crippen LogP contribution in [0.15, 0.2) is 48.8 Å². The van der Waals surface area contributed by atoms with Gasteiger partial charge in [0.1, 0.15) is 6.54 Å². The van der Waals surface area contributed by atoms with Gasteiger partial charge in [0.15, 0.2) is 0 Å². The summed E-state index contributed by atoms with van der Waals surface area (Å²) < 4.78 is 6.47. The fourth-order valence-electron chi connectivity index (χ4n) is 1.86. The molecule has 0 aliphatic carbocycles. The second-order valence-corrected chi connectivity index (χ2v) is 4.38. The zero-order valence-electron chi connectivity index (χ0n) is 11.4. The van der Waals surface area contributed by atoms with Gasteiger partial charge >= 0.3 is 5.97 Å². The van der Waals surface area contributed by atoms with E-state index < -0.39 is 5.97 Å². The summed E-state index contributed by atoms with van der Waals surface area (Å²) in [5.41, 5.74) is 1.43. The van der Waals surface area contributed by atoms with Gasteiger partial charge < -0.3 is 14.2 Å². The van der Waals surface area contributed by atoms with Crippen molar-refractivity contribution in [2.75, 3.05) is 20.7 Å². The molecule has 2 aromatic rings. The molecule has 0 aliphatic rings. The highest BCUT2D eigenvalue weighted by Gasteiger charge is 2.15. The van der Waals surface area contributed by atoms with E-state index >= 15 is 0 Å². The van der Waals surface area contributed by atoms with Crippen molar-refractivity contribution < 1.29 is 14.3 Å². The first kappa shape index (κ1) is 13.9. The smallest absolute Gasteiger partial charge is 0.325 e. The van der Waals surface area contributed by atoms with Crippen molar-refractivity contribution in [2.45, 2.75) is 0 Å². The van der Waals surface area contributed by atoms with Crippen LogP contribution in [0.3, 0.4) is 0 Å². The molecule has 0 atom stereocenters. The summed E-state index contributed by atoms with van der Waals surface area (Å²) in [4.78, 5) is 24.8. The van der Waals surface area contributed by atoms with Gasteiger partial charge in [-0.15, -0.1) is 0 Å². The van der Waals surface area contributed by atoms with Crippen molar-refractivity contribution in [3.8, 4) is 5.69 Å². The molecule has 0 spiro atoms. The Bertz CT molecular complexity index is 605. The molecule has 0 aliphatic heterocycles. The Kier molecular flexibility index (Phi) is 4.20. The minimum Gasteiger partial charge on any atom is -0.468 e. The first-order valence-electron chi connectivity index (χ1n) is 6.17. The number of rotatable bonds is 4. The Morgan fingerprint density at radius 1 is 1.20 bits per heavy atom. The van der Waals surface area contributed by atoms with Crippen molar-refractivity contribution in [1.29, 1.82) is 0 Å². The summed E-state index contributed by atoms with van der Waals surface area (Å²) in [7, 11) is 2.87. The Hall–Kier alpha value is -2.56. The number of benzene rings is 1. The lowest BCUT2D eigenvalue weighted by Gasteiger charge is -2.16. The van der Waals surface area contributed by atoms with Crippen LogP contribution in [0.25, 0.3) is 5.69 Å². The molecule has 0 saturated carbocycles. The average molecular weight is 272 g/mol. The average Bonchev–Trinajstić information content (AvgIpc) is 3.00. The topological polar surface area (TPSA) is 51.5 Å². The molecule has 2 rings (SSSR count). The molecule has 0 fully saturated rings. The van der Waals surface area contributed by atoms with Crippen LogP contribution in [-0.2, 0) is 9.53 Å². The van der Waals surface area contributed by atoms with Crippen LogP contribution in [0.4, 0.5) is 0 Å². The Morgan fingerprint density at radius 2 is 1.90 bits per heavy atom. The maximum Gasteiger partial charge on any atom is 0.325 e. The maximum absolute atomic E-state index is 12.2. The molecule has 1 aromatic carbocycles. The fourth-order valence-corrected chi connectivity index (χ4v) is 1.86. The van der Waals surface area contributed by atoms with E-state index in [1.54, 1.807) is 19.2 Å². The minimum absolute atomic E-state index is 0.0664. The number of hydrogen-bond acceptors (Lipinski definition) is 3. The van der Waals surface area contributed by atoms with E-state index in [2.05, 4.69) is 4.74 Å². The van der Waals surface area contributed by atoms with Crippen LogP contribution in [0.5, 0.6) is 0 Å². The molecule has 20 heavy (non-hydrogen) atoms. The van der Waals surface area contributed by atoms with E-state index in [1.807, 2.05) is 41.2 Å². The third-order valence-electron chi connectivity index (χ3n) is 2.94. The van der Waals surface area contributed by atoms with E-state index in [1.165, 1.54) is 12.0 Å². The number of ether oxygens (including phenoxy) is 1. The highest BCUT2D eigenvalue weighted by Crippen LogP contribution is 2.12. The number of likely N-dealkylation sites (N-methyl/N-ethyl adjacent to an activating group) is 1. The third kappa shape index (κ3) is 3.06. The summed E-state index contributed by atoms with van der Waals surface area (Å²) in [5.74, 6) is -0.660. The summed E-state index contributed by atoms with van der Waals surface area (Å²) in [6, 6.07) is 11.1. The van der Waals surface area contributed by atoms with Gasteiger partial charge in [0, 0.05) is 30.7 Å². The van der Waals surface area contributed by atoms with Crippen molar-refractivity contribution in [3.05, 3.63) is 54.4 Å². The number of hydrogen-bond donors (Lipinski definition) is 0. The Morgan fingerprint density at radius 3 is 2.55 bits per heavy atom. The molecular weight excluding hydrogens is 256 g/mol. The Balaban J connectivity index is 2.18. The lowest BCUT2D eigenvalue weighted by Crippen LogP contribution is -2.32. The van der Waals surface area contributed by atoms with Gasteiger partial charge in [-0.05, 0) is 30.3 Å². The van der Waals surface area contributed by atoms with Crippen molar-refractivity contribution >= 4 is 11.9 Å². The summed E-state index contributed by atoms with van der Waals surface area (Å²) in [6.45, 7) is -0.0664. The summed E-state index contributed by atoms with van der Waals surface area (Å²) in [6.07, 6.45) is 3.81. The number of nitrogens with zero attached hydrogens (tertiary/aromatic N) is 2. The molecule has 1 amide bonds. The van der Waals surface area contributed by atoms with Crippen LogP contribution in [0.2, 0.25) is 0 Å². The zero-order chi connectivity index (χ0) is 14.5. The SMILES string of the molecule is COC(=O)CN(C)C(=O)c1cccc(-n2cccc2)c1. The fraction of sp³-hybridized carbons (Fsp3) is 0.200. The maximum atomic E-state index is 12.2. The van der Waals surface area contributed by atoms with Crippen LogP contribution in [0.1, 0.15) is 10.4 Å². The van der Waals surface area contributed by atoms with E-state index in [-0.39, 0.29) is 12.5 Å². The molecule has 0 unspecified atom stereocenters. The summed E-state index contributed by atoms with van der Waals surface area (Å²) in [5, 5.41) is 0. The van der Waals surface area contributed by atoms with Crippen molar-refractivity contribution in [2.24, 2.45) is 0 Å². The molecular formula is C15H16N2O3. The van der Waals surface area contributed by atoms with Gasteiger partial charge in [-0.25, -0.2) is 0 Å². The molecule has 5 nitrogen and oxygen atoms in total. The second-order valence-electron chi connectivity index (χ2n) is 4.38. The third-order valence-corrected chi connectivity index (χ3v) is 2.94. The number of carbonyl (C=O) groups excluding carboxylic acids is 2. The van der Waals surface area contributed by atoms with Crippen LogP contribution < -0.4 is 0 Å². The van der Waals surface area contributed by atoms with Gasteiger partial charge in [-0.3, -0.25) is 9.59 Å². The quantitative estimate of drug-likeness (QED) is 0.796. The molecule has 0 bridgehead atoms. The number of amides is 1. The molecule has 104 valence electrons. The number of aromatic nitrogens is 1. The van der Waals surface area contributed by atoms with E-state index in [0.29, 0.717) is 5.56 Å². The second kappa shape index (κ2) is 6.06. The predicted molar refractivity (Wildman–Crippen MR) is 74.7 cm³/mol. The first-order chi connectivity index (χ1) is 9.61. The number of carbonyl (C=O) groups is 2. The number of esters is 1. The molecule has 0 radical (unpaired) electrons. The molecule has 0 N–H and O–H groups in total. The van der Waals surface area contributed by atoms with E-state index in [0.717, 1.165) is 5.69 Å². The minimum atomic E-state index is -0.442. The monoisotopic (exact) mass is 272 g/mol. The van der Waals surface area contributed by atoms with Gasteiger partial charge in [0.05, 0.1) is 7.11 Å². The standard InChI is InChI=1S/C15H16N2O3/c1-16(11-14(18)20-2)15(19)12-6-5-7-13(10-12)17-8-3-4-9-17/h3-10H,11H2,1-2H3. The highest BCUT2D eigenvalue weighted by molar-refractivity contribution is 5.96. The van der Waals surface area contributed by atoms with Crippen LogP contribution in [0, 0.1) is 0 Å². The van der Waals surface area contributed by atoms with Gasteiger partial charge in [0.2, 0.25) is 0 Å². The summed E-state index contributed by atoms with van der Waals surface area (Å²) >= 11 is 0. The predicted octanol–water partition coefficient (Wildman–Crippen LogP) is 1.72. The Labute approximate surface area is 117 Å². The highest BCUT2D eigenvalue weighted by atomic mass is 16.5. The normalized spacial score (nSPS) is 10.1. The molecule has 5 heteroatoms. The molecule has 0 saturated heterocycles. The number of methoxy groups -OCH3 is 1. The van der Waals surface area contributed by atoms with Crippen molar-refractivity contribution in [3.63, 3.8) is 0 Å². The zero-order valence-corrected chi connectivity index (χ0v) is 11.4. The van der Waals surface area contributed by atoms with Crippen LogP contribution >= 0.6 is 0 Å². The van der Waals surface area contributed by atoms with E-state index in [9.17, 15) is 9.59 Å². The van der Waals surface area contributed by atoms with Crippen LogP contribution in [-0.4, -0.2) is 42.0 Å². The van der Waals surface area contributed by atoms with Gasteiger partial charge in [-0.2, -0.15) is 0 Å². The lowest BCUT2D eigenvalue weighted by molar-refractivity contribution is -0.141.